The van der Waals surface area contributed by atoms with E-state index in [1.54, 1.807) is 0 Å². The van der Waals surface area contributed by atoms with Gasteiger partial charge in [0, 0.05) is 25.7 Å². The molecule has 1 heterocycles. The third-order valence-electron chi connectivity index (χ3n) is 3.91. The monoisotopic (exact) mass is 345 g/mol. The molecule has 7 nitrogen and oxygen atoms in total. The van der Waals surface area contributed by atoms with E-state index < -0.39 is 20.8 Å². The smallest absolute Gasteiger partial charge is 0.276 e. The summed E-state index contributed by atoms with van der Waals surface area (Å²) in [7, 11) is -3.24. The molecule has 0 bridgehead atoms. The van der Waals surface area contributed by atoms with E-state index in [2.05, 4.69) is 4.72 Å². The average Bonchev–Trinajstić information content (AvgIpc) is 2.47. The molecule has 1 atom stereocenters. The van der Waals surface area contributed by atoms with E-state index in [9.17, 15) is 22.9 Å². The molecule has 2 rings (SSSR count). The maximum absolute atomic E-state index is 13.9. The van der Waals surface area contributed by atoms with E-state index in [1.165, 1.54) is 18.2 Å². The van der Waals surface area contributed by atoms with Gasteiger partial charge in [-0.15, -0.1) is 0 Å². The van der Waals surface area contributed by atoms with Crippen molar-refractivity contribution in [2.45, 2.75) is 19.4 Å². The van der Waals surface area contributed by atoms with Crippen molar-refractivity contribution in [3.8, 4) is 0 Å². The highest BCUT2D eigenvalue weighted by atomic mass is 32.2. The van der Waals surface area contributed by atoms with E-state index in [4.69, 9.17) is 0 Å². The first-order valence-electron chi connectivity index (χ1n) is 7.35. The molecule has 128 valence electrons. The van der Waals surface area contributed by atoms with Gasteiger partial charge in [-0.1, -0.05) is 6.07 Å². The summed E-state index contributed by atoms with van der Waals surface area (Å²) in [6.07, 6.45) is 2.83. The summed E-state index contributed by atoms with van der Waals surface area (Å²) >= 11 is 0. The number of sulfonamides is 1. The molecule has 0 aliphatic carbocycles. The van der Waals surface area contributed by atoms with Crippen molar-refractivity contribution in [1.82, 2.24) is 9.62 Å². The number of likely N-dealkylation sites (tertiary alicyclic amines) is 1. The highest BCUT2D eigenvalue weighted by Crippen LogP contribution is 2.25. The summed E-state index contributed by atoms with van der Waals surface area (Å²) < 4.78 is 38.7. The lowest BCUT2D eigenvalue weighted by molar-refractivity contribution is -0.386. The van der Waals surface area contributed by atoms with Crippen LogP contribution in [-0.4, -0.2) is 44.1 Å². The van der Waals surface area contributed by atoms with Gasteiger partial charge < -0.3 is 0 Å². The fraction of sp³-hybridized carbons (Fsp3) is 0.571. The zero-order chi connectivity index (χ0) is 17.0. The van der Waals surface area contributed by atoms with E-state index >= 15 is 0 Å². The largest absolute Gasteiger partial charge is 0.298 e. The van der Waals surface area contributed by atoms with Crippen LogP contribution in [0.25, 0.3) is 0 Å². The van der Waals surface area contributed by atoms with Gasteiger partial charge in [0.1, 0.15) is 5.82 Å². The Morgan fingerprint density at radius 3 is 2.87 bits per heavy atom. The van der Waals surface area contributed by atoms with Crippen molar-refractivity contribution in [2.24, 2.45) is 5.92 Å². The Kier molecular flexibility index (Phi) is 5.66. The number of nitro groups is 1. The van der Waals surface area contributed by atoms with Crippen molar-refractivity contribution >= 4 is 15.7 Å². The Labute approximate surface area is 134 Å². The van der Waals surface area contributed by atoms with Gasteiger partial charge in [-0.05, 0) is 31.4 Å². The predicted molar refractivity (Wildman–Crippen MR) is 83.9 cm³/mol. The molecule has 1 aromatic rings. The number of hydrogen-bond donors (Lipinski definition) is 1. The van der Waals surface area contributed by atoms with Crippen LogP contribution in [0.3, 0.4) is 0 Å². The molecule has 1 aromatic carbocycles. The minimum absolute atomic E-state index is 0.0780. The number of piperidine rings is 1. The normalized spacial score (nSPS) is 19.7. The third-order valence-corrected chi connectivity index (χ3v) is 4.60. The van der Waals surface area contributed by atoms with Crippen molar-refractivity contribution in [1.29, 1.82) is 0 Å². The molecule has 1 fully saturated rings. The molecule has 0 spiro atoms. The molecule has 0 aromatic heterocycles. The average molecular weight is 345 g/mol. The number of rotatable bonds is 6. The van der Waals surface area contributed by atoms with Gasteiger partial charge in [0.2, 0.25) is 10.0 Å². The van der Waals surface area contributed by atoms with Crippen LogP contribution >= 0.6 is 0 Å². The number of benzene rings is 1. The molecule has 1 N–H and O–H groups in total. The lowest BCUT2D eigenvalue weighted by Gasteiger charge is -2.32. The zero-order valence-electron chi connectivity index (χ0n) is 12.9. The van der Waals surface area contributed by atoms with Crippen LogP contribution in [0.4, 0.5) is 10.1 Å². The Bertz CT molecular complexity index is 681. The second kappa shape index (κ2) is 7.33. The SMILES string of the molecule is CS(=O)(=O)NC[C@H]1CCCN(Cc2c(F)cccc2[N+](=O)[O-])C1. The van der Waals surface area contributed by atoms with Crippen LogP contribution in [0.15, 0.2) is 18.2 Å². The van der Waals surface area contributed by atoms with Crippen LogP contribution in [0, 0.1) is 21.8 Å². The van der Waals surface area contributed by atoms with Gasteiger partial charge >= 0.3 is 0 Å². The Morgan fingerprint density at radius 1 is 1.48 bits per heavy atom. The molecule has 0 amide bonds. The minimum Gasteiger partial charge on any atom is -0.298 e. The van der Waals surface area contributed by atoms with Crippen molar-refractivity contribution in [3.05, 3.63) is 39.7 Å². The van der Waals surface area contributed by atoms with E-state index in [0.717, 1.165) is 19.1 Å². The highest BCUT2D eigenvalue weighted by molar-refractivity contribution is 7.88. The molecular formula is C14H20FN3O4S. The second-order valence-corrected chi connectivity index (χ2v) is 7.69. The molecule has 0 radical (unpaired) electrons. The van der Waals surface area contributed by atoms with E-state index in [1.807, 2.05) is 4.90 Å². The Balaban J connectivity index is 2.05. The van der Waals surface area contributed by atoms with Gasteiger partial charge in [-0.3, -0.25) is 15.0 Å². The van der Waals surface area contributed by atoms with Gasteiger partial charge in [0.15, 0.2) is 0 Å². The summed E-state index contributed by atoms with van der Waals surface area (Å²) in [6, 6.07) is 3.84. The van der Waals surface area contributed by atoms with Gasteiger partial charge in [-0.2, -0.15) is 0 Å². The first-order valence-corrected chi connectivity index (χ1v) is 9.24. The Morgan fingerprint density at radius 2 is 2.22 bits per heavy atom. The second-order valence-electron chi connectivity index (χ2n) is 5.86. The molecule has 1 aliphatic heterocycles. The first-order chi connectivity index (χ1) is 10.8. The number of nitrogens with zero attached hydrogens (tertiary/aromatic N) is 2. The van der Waals surface area contributed by atoms with Crippen LogP contribution in [-0.2, 0) is 16.6 Å². The van der Waals surface area contributed by atoms with Crippen molar-refractivity contribution in [3.63, 3.8) is 0 Å². The maximum atomic E-state index is 13.9. The lowest BCUT2D eigenvalue weighted by Crippen LogP contribution is -2.40. The van der Waals surface area contributed by atoms with Crippen molar-refractivity contribution in [2.75, 3.05) is 25.9 Å². The quantitative estimate of drug-likeness (QED) is 0.623. The molecule has 1 aliphatic rings. The maximum Gasteiger partial charge on any atom is 0.276 e. The highest BCUT2D eigenvalue weighted by Gasteiger charge is 2.25. The molecule has 0 saturated carbocycles. The molecule has 23 heavy (non-hydrogen) atoms. The summed E-state index contributed by atoms with van der Waals surface area (Å²) in [5.41, 5.74) is -0.143. The summed E-state index contributed by atoms with van der Waals surface area (Å²) in [5, 5.41) is 11.0. The van der Waals surface area contributed by atoms with Crippen LogP contribution in [0.1, 0.15) is 18.4 Å². The fourth-order valence-electron chi connectivity index (χ4n) is 2.83. The van der Waals surface area contributed by atoms with E-state index in [-0.39, 0.29) is 23.7 Å². The molecular weight excluding hydrogens is 325 g/mol. The molecule has 1 saturated heterocycles. The number of halogens is 1. The summed E-state index contributed by atoms with van der Waals surface area (Å²) in [6.45, 7) is 1.77. The van der Waals surface area contributed by atoms with E-state index in [0.29, 0.717) is 19.6 Å². The van der Waals surface area contributed by atoms with Gasteiger partial charge in [-0.25, -0.2) is 17.5 Å². The topological polar surface area (TPSA) is 92.6 Å². The fourth-order valence-corrected chi connectivity index (χ4v) is 3.37. The predicted octanol–water partition coefficient (Wildman–Crippen LogP) is 1.50. The first kappa shape index (κ1) is 17.8. The minimum atomic E-state index is -3.24. The zero-order valence-corrected chi connectivity index (χ0v) is 13.7. The third kappa shape index (κ3) is 5.22. The lowest BCUT2D eigenvalue weighted by atomic mass is 9.97. The number of nitrogens with one attached hydrogen (secondary N) is 1. The van der Waals surface area contributed by atoms with Crippen LogP contribution in [0.5, 0.6) is 0 Å². The standard InChI is InChI=1S/C14H20FN3O4S/c1-23(21,22)16-8-11-4-3-7-17(9-11)10-12-13(15)5-2-6-14(12)18(19)20/h2,5-6,11,16H,3-4,7-10H2,1H3/t11-/m1/s1. The van der Waals surface area contributed by atoms with Gasteiger partial charge in [0.05, 0.1) is 16.7 Å². The number of hydrogen-bond acceptors (Lipinski definition) is 5. The number of nitro benzene ring substituents is 1. The Hall–Kier alpha value is -1.58. The van der Waals surface area contributed by atoms with Crippen LogP contribution in [0.2, 0.25) is 0 Å². The van der Waals surface area contributed by atoms with Crippen LogP contribution < -0.4 is 4.72 Å². The van der Waals surface area contributed by atoms with Crippen molar-refractivity contribution < 1.29 is 17.7 Å². The van der Waals surface area contributed by atoms with Gasteiger partial charge in [0.25, 0.3) is 5.69 Å². The summed E-state index contributed by atoms with van der Waals surface area (Å²) in [5.74, 6) is -0.472. The molecule has 0 unspecified atom stereocenters. The summed E-state index contributed by atoms with van der Waals surface area (Å²) in [4.78, 5) is 12.4. The molecule has 9 heteroatoms.